The zero-order chi connectivity index (χ0) is 26.4. The van der Waals surface area contributed by atoms with Gasteiger partial charge in [0.2, 0.25) is 5.75 Å². The summed E-state index contributed by atoms with van der Waals surface area (Å²) >= 11 is 1.16. The molecule has 3 aromatic carbocycles. The van der Waals surface area contributed by atoms with Crippen molar-refractivity contribution in [2.45, 2.75) is 12.1 Å². The number of amides is 1. The number of aromatic nitrogens is 2. The number of methoxy groups -OCH3 is 3. The minimum atomic E-state index is -0.355. The average Bonchev–Trinajstić information content (AvgIpc) is 2.92. The zero-order valence-electron chi connectivity index (χ0n) is 20.8. The highest BCUT2D eigenvalue weighted by molar-refractivity contribution is 7.99. The molecule has 1 heterocycles. The molecule has 1 N–H and O–H groups in total. The number of carbonyl (C=O) groups is 1. The Morgan fingerprint density at radius 3 is 2.35 bits per heavy atom. The normalized spacial score (nSPS) is 11.0. The summed E-state index contributed by atoms with van der Waals surface area (Å²) in [7, 11) is 4.57. The van der Waals surface area contributed by atoms with Gasteiger partial charge in [0.05, 0.1) is 49.9 Å². The van der Waals surface area contributed by atoms with Crippen LogP contribution < -0.4 is 25.2 Å². The van der Waals surface area contributed by atoms with Crippen LogP contribution in [0.4, 0.5) is 0 Å². The zero-order valence-corrected chi connectivity index (χ0v) is 21.7. The predicted octanol–water partition coefficient (Wildman–Crippen LogP) is 3.96. The number of benzene rings is 3. The van der Waals surface area contributed by atoms with E-state index in [2.05, 4.69) is 15.5 Å². The third-order valence-electron chi connectivity index (χ3n) is 5.46. The van der Waals surface area contributed by atoms with E-state index in [0.717, 1.165) is 17.3 Å². The van der Waals surface area contributed by atoms with Crippen LogP contribution in [-0.4, -0.2) is 48.8 Å². The van der Waals surface area contributed by atoms with Crippen LogP contribution >= 0.6 is 11.8 Å². The number of ether oxygens (including phenoxy) is 3. The van der Waals surface area contributed by atoms with Gasteiger partial charge in [-0.05, 0) is 43.3 Å². The lowest BCUT2D eigenvalue weighted by molar-refractivity contribution is -0.118. The van der Waals surface area contributed by atoms with Crippen molar-refractivity contribution in [3.8, 4) is 22.9 Å². The van der Waals surface area contributed by atoms with Gasteiger partial charge in [0.1, 0.15) is 0 Å². The number of fused-ring (bicyclic) bond motifs is 1. The van der Waals surface area contributed by atoms with E-state index in [1.54, 1.807) is 30.3 Å². The van der Waals surface area contributed by atoms with Gasteiger partial charge in [0.15, 0.2) is 16.7 Å². The largest absolute Gasteiger partial charge is 0.493 e. The Labute approximate surface area is 218 Å². The predicted molar refractivity (Wildman–Crippen MR) is 145 cm³/mol. The Kier molecular flexibility index (Phi) is 8.09. The summed E-state index contributed by atoms with van der Waals surface area (Å²) in [6.07, 6.45) is 1.48. The summed E-state index contributed by atoms with van der Waals surface area (Å²) in [5.41, 5.74) is 5.27. The molecule has 0 spiro atoms. The third-order valence-corrected chi connectivity index (χ3v) is 6.40. The molecule has 0 saturated heterocycles. The molecule has 9 nitrogen and oxygen atoms in total. The standard InChI is InChI=1S/C27H26N4O5S/c1-17-9-11-19(12-10-17)31-26(33)20-7-5-6-8-21(20)29-27(31)37-16-24(32)30-28-15-18-13-22(34-2)25(36-4)23(14-18)35-3/h5-15H,16H2,1-4H3,(H,30,32)/b28-15-. The van der Waals surface area contributed by atoms with Gasteiger partial charge in [-0.25, -0.2) is 10.4 Å². The second-order valence-electron chi connectivity index (χ2n) is 7.93. The van der Waals surface area contributed by atoms with Gasteiger partial charge in [0, 0.05) is 5.56 Å². The Bertz CT molecular complexity index is 1490. The third kappa shape index (κ3) is 5.75. The Morgan fingerprint density at radius 1 is 1.03 bits per heavy atom. The number of para-hydroxylation sites is 1. The minimum Gasteiger partial charge on any atom is -0.493 e. The molecule has 0 saturated carbocycles. The molecule has 10 heteroatoms. The van der Waals surface area contributed by atoms with Crippen molar-refractivity contribution >= 4 is 34.8 Å². The van der Waals surface area contributed by atoms with E-state index >= 15 is 0 Å². The van der Waals surface area contributed by atoms with Crippen molar-refractivity contribution in [1.29, 1.82) is 0 Å². The molecule has 0 fully saturated rings. The van der Waals surface area contributed by atoms with E-state index in [0.29, 0.717) is 44.6 Å². The molecular weight excluding hydrogens is 492 g/mol. The Balaban J connectivity index is 1.53. The first-order chi connectivity index (χ1) is 17.9. The highest BCUT2D eigenvalue weighted by Gasteiger charge is 2.15. The minimum absolute atomic E-state index is 0.00321. The lowest BCUT2D eigenvalue weighted by atomic mass is 10.2. The molecule has 4 aromatic rings. The summed E-state index contributed by atoms with van der Waals surface area (Å²) in [5.74, 6) is 1.06. The van der Waals surface area contributed by atoms with Crippen molar-refractivity contribution < 1.29 is 19.0 Å². The van der Waals surface area contributed by atoms with Crippen LogP contribution in [0.5, 0.6) is 17.2 Å². The SMILES string of the molecule is COc1cc(/C=N\NC(=O)CSc2nc3ccccc3c(=O)n2-c2ccc(C)cc2)cc(OC)c1OC. The first kappa shape index (κ1) is 25.8. The maximum atomic E-state index is 13.3. The number of hydrogen-bond acceptors (Lipinski definition) is 8. The number of nitrogens with zero attached hydrogens (tertiary/aromatic N) is 3. The number of rotatable bonds is 9. The Morgan fingerprint density at radius 2 is 1.70 bits per heavy atom. The van der Waals surface area contributed by atoms with E-state index in [1.807, 2.05) is 37.3 Å². The molecule has 0 radical (unpaired) electrons. The van der Waals surface area contributed by atoms with Gasteiger partial charge in [-0.1, -0.05) is 41.6 Å². The van der Waals surface area contributed by atoms with E-state index in [9.17, 15) is 9.59 Å². The highest BCUT2D eigenvalue weighted by Crippen LogP contribution is 2.37. The van der Waals surface area contributed by atoms with Crippen molar-refractivity contribution in [3.63, 3.8) is 0 Å². The molecule has 1 amide bonds. The van der Waals surface area contributed by atoms with E-state index in [-0.39, 0.29) is 17.2 Å². The van der Waals surface area contributed by atoms with E-state index in [4.69, 9.17) is 14.2 Å². The highest BCUT2D eigenvalue weighted by atomic mass is 32.2. The lowest BCUT2D eigenvalue weighted by Gasteiger charge is -2.13. The van der Waals surface area contributed by atoms with Crippen molar-refractivity contribution in [2.75, 3.05) is 27.1 Å². The second-order valence-corrected chi connectivity index (χ2v) is 8.87. The molecule has 0 bridgehead atoms. The molecule has 0 unspecified atom stereocenters. The number of carbonyl (C=O) groups excluding carboxylic acids is 1. The van der Waals surface area contributed by atoms with Crippen molar-refractivity contribution in [3.05, 3.63) is 82.1 Å². The van der Waals surface area contributed by atoms with Gasteiger partial charge in [0.25, 0.3) is 11.5 Å². The fourth-order valence-electron chi connectivity index (χ4n) is 3.65. The summed E-state index contributed by atoms with van der Waals surface area (Å²) < 4.78 is 17.5. The van der Waals surface area contributed by atoms with Crippen LogP contribution in [0.1, 0.15) is 11.1 Å². The maximum absolute atomic E-state index is 13.3. The molecule has 190 valence electrons. The molecule has 0 aliphatic heterocycles. The Hall–Kier alpha value is -4.31. The van der Waals surface area contributed by atoms with Gasteiger partial charge in [-0.3, -0.25) is 14.2 Å². The number of hydrogen-bond donors (Lipinski definition) is 1. The molecular formula is C27H26N4O5S. The number of hydrazone groups is 1. The fraction of sp³-hybridized carbons (Fsp3) is 0.185. The summed E-state index contributed by atoms with van der Waals surface area (Å²) in [6, 6.07) is 18.2. The van der Waals surface area contributed by atoms with Crippen molar-refractivity contribution in [2.24, 2.45) is 5.10 Å². The molecule has 0 atom stereocenters. The molecule has 0 aliphatic rings. The fourth-order valence-corrected chi connectivity index (χ4v) is 4.45. The number of thioether (sulfide) groups is 1. The van der Waals surface area contributed by atoms with E-state index < -0.39 is 0 Å². The molecule has 1 aromatic heterocycles. The molecule has 4 rings (SSSR count). The van der Waals surface area contributed by atoms with Crippen LogP contribution in [-0.2, 0) is 4.79 Å². The average molecular weight is 519 g/mol. The topological polar surface area (TPSA) is 104 Å². The molecule has 0 aliphatic carbocycles. The van der Waals surface area contributed by atoms with Gasteiger partial charge in [-0.2, -0.15) is 5.10 Å². The van der Waals surface area contributed by atoms with Crippen molar-refractivity contribution in [1.82, 2.24) is 15.0 Å². The summed E-state index contributed by atoms with van der Waals surface area (Å²) in [5, 5.41) is 4.96. The van der Waals surface area contributed by atoms with Crippen LogP contribution in [0.3, 0.4) is 0 Å². The quantitative estimate of drug-likeness (QED) is 0.155. The molecule has 37 heavy (non-hydrogen) atoms. The lowest BCUT2D eigenvalue weighted by Crippen LogP contribution is -2.24. The summed E-state index contributed by atoms with van der Waals surface area (Å²) in [4.78, 5) is 30.5. The summed E-state index contributed by atoms with van der Waals surface area (Å²) in [6.45, 7) is 1.98. The first-order valence-corrected chi connectivity index (χ1v) is 12.3. The van der Waals surface area contributed by atoms with Gasteiger partial charge in [-0.15, -0.1) is 0 Å². The smallest absolute Gasteiger partial charge is 0.266 e. The van der Waals surface area contributed by atoms with Crippen LogP contribution in [0.15, 0.2) is 75.7 Å². The van der Waals surface area contributed by atoms with Crippen LogP contribution in [0, 0.1) is 6.92 Å². The van der Waals surface area contributed by atoms with Crippen LogP contribution in [0.25, 0.3) is 16.6 Å². The van der Waals surface area contributed by atoms with Gasteiger partial charge >= 0.3 is 0 Å². The van der Waals surface area contributed by atoms with Crippen LogP contribution in [0.2, 0.25) is 0 Å². The first-order valence-electron chi connectivity index (χ1n) is 11.3. The second kappa shape index (κ2) is 11.6. The van der Waals surface area contributed by atoms with Gasteiger partial charge < -0.3 is 14.2 Å². The van der Waals surface area contributed by atoms with E-state index in [1.165, 1.54) is 32.1 Å². The number of nitrogens with one attached hydrogen (secondary N) is 1. The monoisotopic (exact) mass is 518 g/mol. The maximum Gasteiger partial charge on any atom is 0.266 e. The number of aryl methyl sites for hydroxylation is 1.